The van der Waals surface area contributed by atoms with Gasteiger partial charge in [-0.2, -0.15) is 0 Å². The third kappa shape index (κ3) is 3.11. The Morgan fingerprint density at radius 3 is 2.86 bits per heavy atom. The van der Waals surface area contributed by atoms with Gasteiger partial charge in [0, 0.05) is 31.7 Å². The van der Waals surface area contributed by atoms with E-state index in [0.717, 1.165) is 44.7 Å². The Labute approximate surface area is 127 Å². The number of nitrogens with one attached hydrogen (secondary N) is 1. The molecule has 0 bridgehead atoms. The van der Waals surface area contributed by atoms with Gasteiger partial charge >= 0.3 is 0 Å². The molecular formula is C17H26N4. The number of aromatic nitrogens is 2. The van der Waals surface area contributed by atoms with E-state index in [0.29, 0.717) is 0 Å². The molecule has 3 rings (SSSR count). The standard InChI is InChI=1S/C17H26N4/c1-4-10-21-15-8-6-5-7-14(15)19-16(21)12-20-11-9-18-17(2,3)13-20/h5-8,18H,4,9-13H2,1-3H3. The summed E-state index contributed by atoms with van der Waals surface area (Å²) < 4.78 is 2.39. The second kappa shape index (κ2) is 5.78. The van der Waals surface area contributed by atoms with Crippen LogP contribution in [0.4, 0.5) is 0 Å². The van der Waals surface area contributed by atoms with Crippen molar-refractivity contribution in [3.63, 3.8) is 0 Å². The molecule has 1 aromatic carbocycles. The summed E-state index contributed by atoms with van der Waals surface area (Å²) in [6.45, 7) is 12.0. The number of piperazine rings is 1. The number of hydrogen-bond donors (Lipinski definition) is 1. The molecule has 4 heteroatoms. The maximum absolute atomic E-state index is 4.87. The van der Waals surface area contributed by atoms with Crippen LogP contribution in [0.2, 0.25) is 0 Å². The molecule has 1 aromatic heterocycles. The molecule has 0 aliphatic carbocycles. The van der Waals surface area contributed by atoms with Gasteiger partial charge in [0.1, 0.15) is 5.82 Å². The number of aryl methyl sites for hydroxylation is 1. The van der Waals surface area contributed by atoms with Crippen LogP contribution in [0.5, 0.6) is 0 Å². The van der Waals surface area contributed by atoms with E-state index in [1.165, 1.54) is 11.3 Å². The molecule has 1 fully saturated rings. The largest absolute Gasteiger partial charge is 0.327 e. The van der Waals surface area contributed by atoms with Gasteiger partial charge in [0.05, 0.1) is 17.6 Å². The summed E-state index contributed by atoms with van der Waals surface area (Å²) in [5, 5.41) is 3.57. The summed E-state index contributed by atoms with van der Waals surface area (Å²) in [6, 6.07) is 8.48. The van der Waals surface area contributed by atoms with Gasteiger partial charge in [-0.3, -0.25) is 4.90 Å². The fourth-order valence-corrected chi connectivity index (χ4v) is 3.30. The zero-order valence-electron chi connectivity index (χ0n) is 13.4. The van der Waals surface area contributed by atoms with Gasteiger partial charge in [0.15, 0.2) is 0 Å². The number of fused-ring (bicyclic) bond motifs is 1. The lowest BCUT2D eigenvalue weighted by molar-refractivity contribution is 0.144. The molecule has 21 heavy (non-hydrogen) atoms. The smallest absolute Gasteiger partial charge is 0.124 e. The highest BCUT2D eigenvalue weighted by Gasteiger charge is 2.26. The summed E-state index contributed by atoms with van der Waals surface area (Å²) in [5.74, 6) is 1.20. The van der Waals surface area contributed by atoms with Crippen LogP contribution in [0.1, 0.15) is 33.0 Å². The average molecular weight is 286 g/mol. The molecule has 1 aliphatic rings. The quantitative estimate of drug-likeness (QED) is 0.938. The molecule has 0 unspecified atom stereocenters. The van der Waals surface area contributed by atoms with Gasteiger partial charge in [-0.05, 0) is 32.4 Å². The third-order valence-electron chi connectivity index (χ3n) is 4.20. The molecule has 0 spiro atoms. The lowest BCUT2D eigenvalue weighted by Crippen LogP contribution is -2.56. The summed E-state index contributed by atoms with van der Waals surface area (Å²) >= 11 is 0. The fourth-order valence-electron chi connectivity index (χ4n) is 3.30. The normalized spacial score (nSPS) is 19.2. The molecule has 4 nitrogen and oxygen atoms in total. The average Bonchev–Trinajstić information content (AvgIpc) is 2.76. The van der Waals surface area contributed by atoms with Gasteiger partial charge in [-0.15, -0.1) is 0 Å². The highest BCUT2D eigenvalue weighted by molar-refractivity contribution is 5.75. The van der Waals surface area contributed by atoms with E-state index in [9.17, 15) is 0 Å². The lowest BCUT2D eigenvalue weighted by Gasteiger charge is -2.39. The molecule has 0 saturated carbocycles. The van der Waals surface area contributed by atoms with Crippen molar-refractivity contribution in [2.24, 2.45) is 0 Å². The third-order valence-corrected chi connectivity index (χ3v) is 4.20. The monoisotopic (exact) mass is 286 g/mol. The molecule has 1 aliphatic heterocycles. The van der Waals surface area contributed by atoms with Crippen molar-refractivity contribution in [2.75, 3.05) is 19.6 Å². The molecule has 0 amide bonds. The van der Waals surface area contributed by atoms with Gasteiger partial charge in [-0.1, -0.05) is 19.1 Å². The first-order chi connectivity index (χ1) is 10.1. The van der Waals surface area contributed by atoms with E-state index in [4.69, 9.17) is 4.98 Å². The molecule has 2 heterocycles. The van der Waals surface area contributed by atoms with Crippen molar-refractivity contribution >= 4 is 11.0 Å². The van der Waals surface area contributed by atoms with Crippen LogP contribution in [0, 0.1) is 0 Å². The number of para-hydroxylation sites is 2. The number of rotatable bonds is 4. The molecule has 114 valence electrons. The van der Waals surface area contributed by atoms with E-state index in [1.807, 2.05) is 0 Å². The maximum atomic E-state index is 4.87. The highest BCUT2D eigenvalue weighted by Crippen LogP contribution is 2.19. The molecule has 0 atom stereocenters. The van der Waals surface area contributed by atoms with Gasteiger partial charge in [-0.25, -0.2) is 4.98 Å². The number of imidazole rings is 1. The minimum atomic E-state index is 0.194. The van der Waals surface area contributed by atoms with Crippen molar-refractivity contribution in [3.05, 3.63) is 30.1 Å². The van der Waals surface area contributed by atoms with Gasteiger partial charge in [0.25, 0.3) is 0 Å². The van der Waals surface area contributed by atoms with Crippen molar-refractivity contribution in [2.45, 2.75) is 45.8 Å². The van der Waals surface area contributed by atoms with Crippen LogP contribution >= 0.6 is 0 Å². The van der Waals surface area contributed by atoms with Gasteiger partial charge in [0.2, 0.25) is 0 Å². The van der Waals surface area contributed by atoms with Crippen LogP contribution in [-0.4, -0.2) is 39.6 Å². The minimum absolute atomic E-state index is 0.194. The fraction of sp³-hybridized carbons (Fsp3) is 0.588. The van der Waals surface area contributed by atoms with Gasteiger partial charge < -0.3 is 9.88 Å². The van der Waals surface area contributed by atoms with E-state index >= 15 is 0 Å². The Bertz CT molecular complexity index is 614. The van der Waals surface area contributed by atoms with Crippen molar-refractivity contribution in [1.82, 2.24) is 19.8 Å². The van der Waals surface area contributed by atoms with Crippen molar-refractivity contribution in [3.8, 4) is 0 Å². The summed E-state index contributed by atoms with van der Waals surface area (Å²) in [4.78, 5) is 7.39. The van der Waals surface area contributed by atoms with Crippen LogP contribution in [-0.2, 0) is 13.1 Å². The molecule has 2 aromatic rings. The van der Waals surface area contributed by atoms with Crippen LogP contribution in [0.3, 0.4) is 0 Å². The number of benzene rings is 1. The Morgan fingerprint density at radius 1 is 1.29 bits per heavy atom. The maximum Gasteiger partial charge on any atom is 0.124 e. The second-order valence-electron chi connectivity index (χ2n) is 6.69. The Morgan fingerprint density at radius 2 is 2.10 bits per heavy atom. The van der Waals surface area contributed by atoms with E-state index in [2.05, 4.69) is 59.8 Å². The van der Waals surface area contributed by atoms with Crippen molar-refractivity contribution < 1.29 is 0 Å². The number of nitrogens with zero attached hydrogens (tertiary/aromatic N) is 3. The topological polar surface area (TPSA) is 33.1 Å². The summed E-state index contributed by atoms with van der Waals surface area (Å²) in [7, 11) is 0. The predicted octanol–water partition coefficient (Wildman–Crippen LogP) is 2.63. The first kappa shape index (κ1) is 14.5. The zero-order chi connectivity index (χ0) is 14.9. The molecule has 1 saturated heterocycles. The molecule has 1 N–H and O–H groups in total. The summed E-state index contributed by atoms with van der Waals surface area (Å²) in [6.07, 6.45) is 1.14. The Hall–Kier alpha value is -1.39. The minimum Gasteiger partial charge on any atom is -0.327 e. The SMILES string of the molecule is CCCn1c(CN2CCNC(C)(C)C2)nc2ccccc21. The Balaban J connectivity index is 1.87. The van der Waals surface area contributed by atoms with E-state index in [-0.39, 0.29) is 5.54 Å². The van der Waals surface area contributed by atoms with E-state index < -0.39 is 0 Å². The first-order valence-electron chi connectivity index (χ1n) is 8.00. The summed E-state index contributed by atoms with van der Waals surface area (Å²) in [5.41, 5.74) is 2.58. The highest BCUT2D eigenvalue weighted by atomic mass is 15.2. The van der Waals surface area contributed by atoms with Crippen molar-refractivity contribution in [1.29, 1.82) is 0 Å². The zero-order valence-corrected chi connectivity index (χ0v) is 13.4. The van der Waals surface area contributed by atoms with Crippen LogP contribution < -0.4 is 5.32 Å². The number of hydrogen-bond acceptors (Lipinski definition) is 3. The predicted molar refractivity (Wildman–Crippen MR) is 87.4 cm³/mol. The van der Waals surface area contributed by atoms with Crippen LogP contribution in [0.25, 0.3) is 11.0 Å². The van der Waals surface area contributed by atoms with Crippen LogP contribution in [0.15, 0.2) is 24.3 Å². The lowest BCUT2D eigenvalue weighted by atomic mass is 10.0. The molecule has 0 radical (unpaired) electrons. The Kier molecular flexibility index (Phi) is 4.00. The molecular weight excluding hydrogens is 260 g/mol. The second-order valence-corrected chi connectivity index (χ2v) is 6.69. The van der Waals surface area contributed by atoms with E-state index in [1.54, 1.807) is 0 Å². The first-order valence-corrected chi connectivity index (χ1v) is 8.00.